The molecule has 2 N–H and O–H groups in total. The monoisotopic (exact) mass is 320 g/mol. The Balaban J connectivity index is 2.00. The standard InChI is InChI=1S/C14H16ClF3N2O/c15-11-7-6-10(14(16,17)18)8-12(11)19-20-13(21)9-4-2-1-3-5-9/h6-9,19H,1-5H2,(H,20,21). The van der Waals surface area contributed by atoms with Gasteiger partial charge in [0.05, 0.1) is 16.3 Å². The van der Waals surface area contributed by atoms with Crippen molar-refractivity contribution in [2.24, 2.45) is 5.92 Å². The molecule has 1 aromatic carbocycles. The maximum Gasteiger partial charge on any atom is 0.416 e. The summed E-state index contributed by atoms with van der Waals surface area (Å²) in [5, 5.41) is 0.118. The Labute approximate surface area is 125 Å². The topological polar surface area (TPSA) is 41.1 Å². The van der Waals surface area contributed by atoms with Crippen LogP contribution in [0.25, 0.3) is 0 Å². The number of hydrazine groups is 1. The Hall–Kier alpha value is -1.43. The van der Waals surface area contributed by atoms with Gasteiger partial charge in [-0.3, -0.25) is 15.6 Å². The molecule has 0 aromatic heterocycles. The summed E-state index contributed by atoms with van der Waals surface area (Å²) in [6.07, 6.45) is 0.295. The SMILES string of the molecule is O=C(NNc1cc(C(F)(F)F)ccc1Cl)C1CCCCC1. The summed E-state index contributed by atoms with van der Waals surface area (Å²) in [4.78, 5) is 11.9. The number of nitrogens with one attached hydrogen (secondary N) is 2. The van der Waals surface area contributed by atoms with Crippen molar-refractivity contribution >= 4 is 23.2 Å². The van der Waals surface area contributed by atoms with Crippen LogP contribution >= 0.6 is 11.6 Å². The van der Waals surface area contributed by atoms with Crippen LogP contribution < -0.4 is 10.9 Å². The van der Waals surface area contributed by atoms with Gasteiger partial charge in [0.1, 0.15) is 0 Å². The lowest BCUT2D eigenvalue weighted by atomic mass is 9.89. The lowest BCUT2D eigenvalue weighted by Gasteiger charge is -2.21. The van der Waals surface area contributed by atoms with Crippen molar-refractivity contribution in [1.29, 1.82) is 0 Å². The molecule has 0 saturated heterocycles. The van der Waals surface area contributed by atoms with Crippen molar-refractivity contribution in [2.75, 3.05) is 5.43 Å². The van der Waals surface area contributed by atoms with Crippen LogP contribution in [0.4, 0.5) is 18.9 Å². The minimum atomic E-state index is -4.45. The van der Waals surface area contributed by atoms with Gasteiger partial charge in [-0.2, -0.15) is 13.2 Å². The minimum Gasteiger partial charge on any atom is -0.297 e. The van der Waals surface area contributed by atoms with Gasteiger partial charge in [-0.25, -0.2) is 0 Å². The van der Waals surface area contributed by atoms with Gasteiger partial charge in [0.25, 0.3) is 0 Å². The molecule has 116 valence electrons. The molecule has 1 amide bonds. The largest absolute Gasteiger partial charge is 0.416 e. The van der Waals surface area contributed by atoms with Crippen molar-refractivity contribution in [3.63, 3.8) is 0 Å². The highest BCUT2D eigenvalue weighted by Gasteiger charge is 2.31. The predicted octanol–water partition coefficient (Wildman–Crippen LogP) is 4.38. The molecule has 1 aromatic rings. The number of amides is 1. The molecule has 1 saturated carbocycles. The quantitative estimate of drug-likeness (QED) is 0.811. The van der Waals surface area contributed by atoms with Crippen molar-refractivity contribution in [1.82, 2.24) is 5.43 Å². The van der Waals surface area contributed by atoms with Gasteiger partial charge in [-0.1, -0.05) is 30.9 Å². The number of anilines is 1. The average molecular weight is 321 g/mol. The van der Waals surface area contributed by atoms with Crippen LogP contribution in [-0.4, -0.2) is 5.91 Å². The summed E-state index contributed by atoms with van der Waals surface area (Å²) < 4.78 is 37.9. The van der Waals surface area contributed by atoms with E-state index in [-0.39, 0.29) is 22.5 Å². The van der Waals surface area contributed by atoms with E-state index in [9.17, 15) is 18.0 Å². The molecule has 0 heterocycles. The van der Waals surface area contributed by atoms with Crippen molar-refractivity contribution in [3.8, 4) is 0 Å². The summed E-state index contributed by atoms with van der Waals surface area (Å²) in [5.74, 6) is -0.293. The van der Waals surface area contributed by atoms with Crippen LogP contribution in [0.3, 0.4) is 0 Å². The third kappa shape index (κ3) is 4.27. The zero-order chi connectivity index (χ0) is 15.5. The first-order chi connectivity index (χ1) is 9.88. The molecule has 0 aliphatic heterocycles. The zero-order valence-electron chi connectivity index (χ0n) is 11.3. The summed E-state index contributed by atoms with van der Waals surface area (Å²) >= 11 is 5.83. The van der Waals surface area contributed by atoms with Gasteiger partial charge >= 0.3 is 6.18 Å². The van der Waals surface area contributed by atoms with Crippen molar-refractivity contribution in [3.05, 3.63) is 28.8 Å². The zero-order valence-corrected chi connectivity index (χ0v) is 12.0. The number of rotatable bonds is 3. The van der Waals surface area contributed by atoms with Crippen LogP contribution in [0.2, 0.25) is 5.02 Å². The first-order valence-electron chi connectivity index (χ1n) is 6.80. The Morgan fingerprint density at radius 2 is 1.86 bits per heavy atom. The Kier molecular flexibility index (Phi) is 4.98. The normalized spacial score (nSPS) is 16.6. The highest BCUT2D eigenvalue weighted by atomic mass is 35.5. The number of halogens is 4. The lowest BCUT2D eigenvalue weighted by Crippen LogP contribution is -2.36. The average Bonchev–Trinajstić information content (AvgIpc) is 2.45. The van der Waals surface area contributed by atoms with Gasteiger partial charge in [-0.05, 0) is 31.0 Å². The number of benzene rings is 1. The second kappa shape index (κ2) is 6.56. The number of hydrogen-bond acceptors (Lipinski definition) is 2. The number of alkyl halides is 3. The second-order valence-electron chi connectivity index (χ2n) is 5.14. The van der Waals surface area contributed by atoms with Gasteiger partial charge < -0.3 is 0 Å². The van der Waals surface area contributed by atoms with Gasteiger partial charge in [0.2, 0.25) is 5.91 Å². The second-order valence-corrected chi connectivity index (χ2v) is 5.55. The van der Waals surface area contributed by atoms with E-state index in [0.717, 1.165) is 50.3 Å². The van der Waals surface area contributed by atoms with E-state index < -0.39 is 11.7 Å². The summed E-state index contributed by atoms with van der Waals surface area (Å²) in [6, 6.07) is 2.93. The van der Waals surface area contributed by atoms with E-state index in [0.29, 0.717) is 0 Å². The molecule has 2 rings (SSSR count). The molecule has 1 aliphatic carbocycles. The molecule has 7 heteroatoms. The van der Waals surface area contributed by atoms with E-state index in [1.807, 2.05) is 0 Å². The maximum atomic E-state index is 12.6. The molecular formula is C14H16ClF3N2O. The first-order valence-corrected chi connectivity index (χ1v) is 7.18. The number of hydrogen-bond donors (Lipinski definition) is 2. The number of carbonyl (C=O) groups excluding carboxylic acids is 1. The van der Waals surface area contributed by atoms with Gasteiger partial charge in [0, 0.05) is 5.92 Å². The predicted molar refractivity (Wildman–Crippen MR) is 74.8 cm³/mol. The molecule has 0 atom stereocenters. The molecule has 1 fully saturated rings. The molecule has 3 nitrogen and oxygen atoms in total. The van der Waals surface area contributed by atoms with Crippen LogP contribution in [0.1, 0.15) is 37.7 Å². The van der Waals surface area contributed by atoms with Crippen LogP contribution in [0, 0.1) is 5.92 Å². The van der Waals surface area contributed by atoms with E-state index in [2.05, 4.69) is 10.9 Å². The lowest BCUT2D eigenvalue weighted by molar-refractivity contribution is -0.137. The fraction of sp³-hybridized carbons (Fsp3) is 0.500. The molecule has 21 heavy (non-hydrogen) atoms. The first kappa shape index (κ1) is 15.9. The third-order valence-corrected chi connectivity index (χ3v) is 3.92. The Bertz CT molecular complexity index is 513. The van der Waals surface area contributed by atoms with Gasteiger partial charge in [0.15, 0.2) is 0 Å². The molecule has 0 radical (unpaired) electrons. The summed E-state index contributed by atoms with van der Waals surface area (Å²) in [6.45, 7) is 0. The Morgan fingerprint density at radius 3 is 2.48 bits per heavy atom. The highest BCUT2D eigenvalue weighted by molar-refractivity contribution is 6.33. The van der Waals surface area contributed by atoms with Crippen molar-refractivity contribution < 1.29 is 18.0 Å². The third-order valence-electron chi connectivity index (χ3n) is 3.59. The molecule has 1 aliphatic rings. The fourth-order valence-electron chi connectivity index (χ4n) is 2.39. The maximum absolute atomic E-state index is 12.6. The molecule has 0 bridgehead atoms. The minimum absolute atomic E-state index is 0.0376. The highest BCUT2D eigenvalue weighted by Crippen LogP contribution is 2.33. The van der Waals surface area contributed by atoms with Crippen LogP contribution in [0.15, 0.2) is 18.2 Å². The summed E-state index contributed by atoms with van der Waals surface area (Å²) in [7, 11) is 0. The van der Waals surface area contributed by atoms with E-state index in [4.69, 9.17) is 11.6 Å². The van der Waals surface area contributed by atoms with E-state index in [1.165, 1.54) is 0 Å². The van der Waals surface area contributed by atoms with Crippen molar-refractivity contribution in [2.45, 2.75) is 38.3 Å². The molecule has 0 unspecified atom stereocenters. The van der Waals surface area contributed by atoms with E-state index in [1.54, 1.807) is 0 Å². The number of carbonyl (C=O) groups is 1. The van der Waals surface area contributed by atoms with Crippen LogP contribution in [-0.2, 0) is 11.0 Å². The Morgan fingerprint density at radius 1 is 1.19 bits per heavy atom. The van der Waals surface area contributed by atoms with Crippen LogP contribution in [0.5, 0.6) is 0 Å². The van der Waals surface area contributed by atoms with Gasteiger partial charge in [-0.15, -0.1) is 0 Å². The summed E-state index contributed by atoms with van der Waals surface area (Å²) in [5.41, 5.74) is 4.16. The van der Waals surface area contributed by atoms with E-state index >= 15 is 0 Å². The molecular weight excluding hydrogens is 305 g/mol. The fourth-order valence-corrected chi connectivity index (χ4v) is 2.56. The molecule has 0 spiro atoms. The smallest absolute Gasteiger partial charge is 0.297 e.